The SMILES string of the molecule is COC(=O)N1CCN(C(C)=O)CC1Cc1ccccc1. The zero-order valence-electron chi connectivity index (χ0n) is 11.9. The summed E-state index contributed by atoms with van der Waals surface area (Å²) >= 11 is 0. The van der Waals surface area contributed by atoms with Gasteiger partial charge in [-0.3, -0.25) is 4.79 Å². The van der Waals surface area contributed by atoms with E-state index in [0.717, 1.165) is 12.0 Å². The van der Waals surface area contributed by atoms with Gasteiger partial charge in [0.1, 0.15) is 0 Å². The van der Waals surface area contributed by atoms with E-state index in [2.05, 4.69) is 0 Å². The van der Waals surface area contributed by atoms with Crippen molar-refractivity contribution in [1.82, 2.24) is 9.80 Å². The van der Waals surface area contributed by atoms with Crippen LogP contribution < -0.4 is 0 Å². The van der Waals surface area contributed by atoms with Crippen LogP contribution in [0.25, 0.3) is 0 Å². The Morgan fingerprint density at radius 2 is 1.95 bits per heavy atom. The maximum absolute atomic E-state index is 11.8. The van der Waals surface area contributed by atoms with Gasteiger partial charge in [-0.05, 0) is 12.0 Å². The molecule has 1 aromatic carbocycles. The average Bonchev–Trinajstić information content (AvgIpc) is 2.47. The van der Waals surface area contributed by atoms with Gasteiger partial charge in [-0.25, -0.2) is 4.79 Å². The first kappa shape index (κ1) is 14.4. The molecule has 0 N–H and O–H groups in total. The summed E-state index contributed by atoms with van der Waals surface area (Å²) < 4.78 is 4.84. The van der Waals surface area contributed by atoms with Crippen LogP contribution in [0.15, 0.2) is 30.3 Å². The van der Waals surface area contributed by atoms with Crippen molar-refractivity contribution in [2.45, 2.75) is 19.4 Å². The summed E-state index contributed by atoms with van der Waals surface area (Å²) in [6, 6.07) is 9.93. The number of ether oxygens (including phenoxy) is 1. The van der Waals surface area contributed by atoms with Crippen molar-refractivity contribution in [2.24, 2.45) is 0 Å². The fourth-order valence-corrected chi connectivity index (χ4v) is 2.56. The number of benzene rings is 1. The molecule has 0 bridgehead atoms. The lowest BCUT2D eigenvalue weighted by Gasteiger charge is -2.40. The summed E-state index contributed by atoms with van der Waals surface area (Å²) in [5.74, 6) is 0.0487. The van der Waals surface area contributed by atoms with Gasteiger partial charge in [-0.2, -0.15) is 0 Å². The summed E-state index contributed by atoms with van der Waals surface area (Å²) in [6.07, 6.45) is 0.397. The van der Waals surface area contributed by atoms with Crippen LogP contribution in [0.4, 0.5) is 4.79 Å². The van der Waals surface area contributed by atoms with Gasteiger partial charge in [0.15, 0.2) is 0 Å². The zero-order chi connectivity index (χ0) is 14.5. The molecular weight excluding hydrogens is 256 g/mol. The van der Waals surface area contributed by atoms with Crippen molar-refractivity contribution in [3.05, 3.63) is 35.9 Å². The summed E-state index contributed by atoms with van der Waals surface area (Å²) in [6.45, 7) is 3.20. The van der Waals surface area contributed by atoms with Crippen LogP contribution in [0.1, 0.15) is 12.5 Å². The maximum Gasteiger partial charge on any atom is 0.409 e. The van der Waals surface area contributed by atoms with Gasteiger partial charge in [0.25, 0.3) is 0 Å². The molecule has 5 heteroatoms. The highest BCUT2D eigenvalue weighted by Crippen LogP contribution is 2.16. The van der Waals surface area contributed by atoms with Crippen LogP contribution in [0.3, 0.4) is 0 Å². The molecule has 1 aliphatic rings. The summed E-state index contributed by atoms with van der Waals surface area (Å²) in [5, 5.41) is 0. The highest BCUT2D eigenvalue weighted by molar-refractivity contribution is 5.74. The van der Waals surface area contributed by atoms with E-state index in [1.165, 1.54) is 7.11 Å². The predicted molar refractivity (Wildman–Crippen MR) is 75.3 cm³/mol. The number of carbonyl (C=O) groups excluding carboxylic acids is 2. The monoisotopic (exact) mass is 276 g/mol. The van der Waals surface area contributed by atoms with Crippen molar-refractivity contribution in [2.75, 3.05) is 26.7 Å². The summed E-state index contributed by atoms with van der Waals surface area (Å²) in [4.78, 5) is 26.9. The zero-order valence-corrected chi connectivity index (χ0v) is 11.9. The molecule has 0 spiro atoms. The Kier molecular flexibility index (Phi) is 4.61. The molecule has 2 amide bonds. The minimum atomic E-state index is -0.325. The standard InChI is InChI=1S/C15H20N2O3/c1-12(18)16-8-9-17(15(19)20-2)14(11-16)10-13-6-4-3-5-7-13/h3-7,14H,8-11H2,1-2H3. The topological polar surface area (TPSA) is 49.9 Å². The highest BCUT2D eigenvalue weighted by atomic mass is 16.5. The second-order valence-corrected chi connectivity index (χ2v) is 4.97. The van der Waals surface area contributed by atoms with Gasteiger partial charge in [-0.15, -0.1) is 0 Å². The molecule has 0 aliphatic carbocycles. The van der Waals surface area contributed by atoms with Gasteiger partial charge < -0.3 is 14.5 Å². The Bertz CT molecular complexity index is 475. The molecule has 108 valence electrons. The first-order valence-electron chi connectivity index (χ1n) is 6.76. The quantitative estimate of drug-likeness (QED) is 0.823. The molecule has 5 nitrogen and oxygen atoms in total. The molecule has 0 aromatic heterocycles. The molecule has 20 heavy (non-hydrogen) atoms. The van der Waals surface area contributed by atoms with Crippen molar-refractivity contribution >= 4 is 12.0 Å². The fraction of sp³-hybridized carbons (Fsp3) is 0.467. The lowest BCUT2D eigenvalue weighted by atomic mass is 10.0. The lowest BCUT2D eigenvalue weighted by molar-refractivity contribution is -0.131. The van der Waals surface area contributed by atoms with Crippen molar-refractivity contribution in [3.8, 4) is 0 Å². The van der Waals surface area contributed by atoms with E-state index in [0.29, 0.717) is 19.6 Å². The van der Waals surface area contributed by atoms with Crippen LogP contribution in [0.5, 0.6) is 0 Å². The fourth-order valence-electron chi connectivity index (χ4n) is 2.56. The number of amides is 2. The molecule has 1 unspecified atom stereocenters. The number of nitrogens with zero attached hydrogens (tertiary/aromatic N) is 2. The Morgan fingerprint density at radius 3 is 2.55 bits per heavy atom. The van der Waals surface area contributed by atoms with E-state index < -0.39 is 0 Å². The third kappa shape index (κ3) is 3.29. The van der Waals surface area contributed by atoms with E-state index in [9.17, 15) is 9.59 Å². The van der Waals surface area contributed by atoms with Gasteiger partial charge in [0, 0.05) is 26.6 Å². The predicted octanol–water partition coefficient (Wildman–Crippen LogP) is 1.53. The molecular formula is C15H20N2O3. The maximum atomic E-state index is 11.8. The second kappa shape index (κ2) is 6.41. The Balaban J connectivity index is 2.13. The molecule has 1 heterocycles. The highest BCUT2D eigenvalue weighted by Gasteiger charge is 2.31. The van der Waals surface area contributed by atoms with Crippen molar-refractivity contribution in [1.29, 1.82) is 0 Å². The first-order valence-corrected chi connectivity index (χ1v) is 6.76. The smallest absolute Gasteiger partial charge is 0.409 e. The number of carbonyl (C=O) groups is 2. The number of piperazine rings is 1. The molecule has 1 saturated heterocycles. The molecule has 0 saturated carbocycles. The van der Waals surface area contributed by atoms with Gasteiger partial charge in [0.2, 0.25) is 5.91 Å². The molecule has 1 atom stereocenters. The third-order valence-electron chi connectivity index (χ3n) is 3.65. The minimum absolute atomic E-state index is 0.0394. The van der Waals surface area contributed by atoms with Gasteiger partial charge in [-0.1, -0.05) is 30.3 Å². The molecule has 1 aromatic rings. The van der Waals surface area contributed by atoms with Crippen LogP contribution in [0.2, 0.25) is 0 Å². The summed E-state index contributed by atoms with van der Waals surface area (Å²) in [7, 11) is 1.39. The first-order chi connectivity index (χ1) is 9.61. The van der Waals surface area contributed by atoms with Crippen LogP contribution in [0, 0.1) is 0 Å². The molecule has 2 rings (SSSR count). The Labute approximate surface area is 119 Å². The van der Waals surface area contributed by atoms with Crippen LogP contribution >= 0.6 is 0 Å². The molecule has 0 radical (unpaired) electrons. The molecule has 1 fully saturated rings. The van der Waals surface area contributed by atoms with E-state index in [4.69, 9.17) is 4.74 Å². The van der Waals surface area contributed by atoms with E-state index in [-0.39, 0.29) is 18.0 Å². The normalized spacial score (nSPS) is 18.8. The average molecular weight is 276 g/mol. The van der Waals surface area contributed by atoms with Crippen LogP contribution in [-0.2, 0) is 16.0 Å². The van der Waals surface area contributed by atoms with Gasteiger partial charge in [0.05, 0.1) is 13.2 Å². The number of methoxy groups -OCH3 is 1. The van der Waals surface area contributed by atoms with E-state index >= 15 is 0 Å². The molecule has 1 aliphatic heterocycles. The third-order valence-corrected chi connectivity index (χ3v) is 3.65. The number of hydrogen-bond donors (Lipinski definition) is 0. The van der Waals surface area contributed by atoms with Crippen molar-refractivity contribution in [3.63, 3.8) is 0 Å². The number of rotatable bonds is 2. The lowest BCUT2D eigenvalue weighted by Crippen LogP contribution is -2.56. The summed E-state index contributed by atoms with van der Waals surface area (Å²) in [5.41, 5.74) is 1.15. The van der Waals surface area contributed by atoms with E-state index in [1.807, 2.05) is 30.3 Å². The van der Waals surface area contributed by atoms with E-state index in [1.54, 1.807) is 16.7 Å². The van der Waals surface area contributed by atoms with Gasteiger partial charge >= 0.3 is 6.09 Å². The second-order valence-electron chi connectivity index (χ2n) is 4.97. The minimum Gasteiger partial charge on any atom is -0.453 e. The Hall–Kier alpha value is -2.04. The van der Waals surface area contributed by atoms with Crippen LogP contribution in [-0.4, -0.2) is 54.6 Å². The van der Waals surface area contributed by atoms with Crippen molar-refractivity contribution < 1.29 is 14.3 Å². The largest absolute Gasteiger partial charge is 0.453 e. The number of hydrogen-bond acceptors (Lipinski definition) is 3. The Morgan fingerprint density at radius 1 is 1.25 bits per heavy atom.